The average molecular weight is 202 g/mol. The Morgan fingerprint density at radius 2 is 2.00 bits per heavy atom. The summed E-state index contributed by atoms with van der Waals surface area (Å²) in [6.45, 7) is 1.83. The van der Waals surface area contributed by atoms with Crippen molar-refractivity contribution in [3.8, 4) is 0 Å². The molecule has 1 aromatic rings. The van der Waals surface area contributed by atoms with Crippen molar-refractivity contribution in [2.45, 2.75) is 13.3 Å². The van der Waals surface area contributed by atoms with E-state index in [0.717, 1.165) is 5.56 Å². The van der Waals surface area contributed by atoms with E-state index in [4.69, 9.17) is 5.11 Å². The maximum atomic E-state index is 10.7. The molecule has 0 radical (unpaired) electrons. The Labute approximate surface area is 89.6 Å². The first-order valence-corrected chi connectivity index (χ1v) is 4.89. The molecule has 2 heteroatoms. The number of carboxylic acid groups (broad SMARTS) is 1. The Morgan fingerprint density at radius 3 is 2.53 bits per heavy atom. The van der Waals surface area contributed by atoms with E-state index in [9.17, 15) is 4.79 Å². The molecule has 1 rings (SSSR count). The molecule has 78 valence electrons. The van der Waals surface area contributed by atoms with E-state index >= 15 is 0 Å². The fourth-order valence-electron chi connectivity index (χ4n) is 1.18. The van der Waals surface area contributed by atoms with E-state index in [0.29, 0.717) is 12.0 Å². The second kappa shape index (κ2) is 5.81. The molecule has 0 heterocycles. The molecule has 1 N–H and O–H groups in total. The topological polar surface area (TPSA) is 37.3 Å². The van der Waals surface area contributed by atoms with Crippen LogP contribution in [-0.2, 0) is 4.79 Å². The van der Waals surface area contributed by atoms with Crippen LogP contribution < -0.4 is 0 Å². The van der Waals surface area contributed by atoms with Crippen LogP contribution in [0.3, 0.4) is 0 Å². The fraction of sp³-hybridized carbons (Fsp3) is 0.154. The van der Waals surface area contributed by atoms with Gasteiger partial charge >= 0.3 is 5.97 Å². The average Bonchev–Trinajstić information content (AvgIpc) is 2.25. The predicted octanol–water partition coefficient (Wildman–Crippen LogP) is 3.12. The van der Waals surface area contributed by atoms with E-state index in [1.807, 2.05) is 43.3 Å². The Kier molecular flexibility index (Phi) is 4.35. The summed E-state index contributed by atoms with van der Waals surface area (Å²) in [6.07, 6.45) is 5.82. The highest BCUT2D eigenvalue weighted by molar-refractivity contribution is 5.87. The molecule has 0 aromatic heterocycles. The number of hydrogen-bond donors (Lipinski definition) is 1. The molecule has 0 amide bonds. The molecule has 0 aliphatic heterocycles. The molecule has 0 bridgehead atoms. The Morgan fingerprint density at radius 1 is 1.33 bits per heavy atom. The summed E-state index contributed by atoms with van der Waals surface area (Å²) in [5, 5.41) is 8.77. The number of benzene rings is 1. The van der Waals surface area contributed by atoms with Gasteiger partial charge < -0.3 is 5.11 Å². The summed E-state index contributed by atoms with van der Waals surface area (Å²) in [7, 11) is 0. The van der Waals surface area contributed by atoms with Gasteiger partial charge in [0.1, 0.15) is 0 Å². The van der Waals surface area contributed by atoms with Crippen molar-refractivity contribution >= 4 is 12.0 Å². The summed E-state index contributed by atoms with van der Waals surface area (Å²) in [6, 6.07) is 9.78. The van der Waals surface area contributed by atoms with Crippen molar-refractivity contribution in [3.63, 3.8) is 0 Å². The van der Waals surface area contributed by atoms with Gasteiger partial charge in [0.05, 0.1) is 0 Å². The lowest BCUT2D eigenvalue weighted by Crippen LogP contribution is -1.97. The van der Waals surface area contributed by atoms with Crippen LogP contribution in [0.1, 0.15) is 18.9 Å². The highest BCUT2D eigenvalue weighted by Crippen LogP contribution is 2.04. The standard InChI is InChI=1S/C13H14O2/c1-2-12(13(14)15)10-6-9-11-7-4-3-5-8-11/h3-10H,2H2,1H3,(H,14,15)/b9-6+,12-10+. The van der Waals surface area contributed by atoms with Crippen LogP contribution in [0.2, 0.25) is 0 Å². The molecule has 0 fully saturated rings. The third kappa shape index (κ3) is 3.81. The highest BCUT2D eigenvalue weighted by Gasteiger charge is 2.00. The lowest BCUT2D eigenvalue weighted by atomic mass is 10.1. The zero-order valence-electron chi connectivity index (χ0n) is 8.68. The molecule has 0 aliphatic rings. The van der Waals surface area contributed by atoms with Crippen LogP contribution in [-0.4, -0.2) is 11.1 Å². The molecular formula is C13H14O2. The predicted molar refractivity (Wildman–Crippen MR) is 61.5 cm³/mol. The molecule has 0 aliphatic carbocycles. The summed E-state index contributed by atoms with van der Waals surface area (Å²) in [4.78, 5) is 10.7. The van der Waals surface area contributed by atoms with E-state index in [2.05, 4.69) is 0 Å². The minimum absolute atomic E-state index is 0.419. The second-order valence-corrected chi connectivity index (χ2v) is 3.12. The summed E-state index contributed by atoms with van der Waals surface area (Å²) < 4.78 is 0. The molecule has 2 nitrogen and oxygen atoms in total. The zero-order valence-corrected chi connectivity index (χ0v) is 8.68. The van der Waals surface area contributed by atoms with Gasteiger partial charge in [-0.25, -0.2) is 4.79 Å². The van der Waals surface area contributed by atoms with Gasteiger partial charge in [0.15, 0.2) is 0 Å². The minimum atomic E-state index is -0.852. The molecule has 0 saturated heterocycles. The monoisotopic (exact) mass is 202 g/mol. The van der Waals surface area contributed by atoms with Crippen molar-refractivity contribution in [2.24, 2.45) is 0 Å². The van der Waals surface area contributed by atoms with Gasteiger partial charge in [-0.05, 0) is 12.0 Å². The quantitative estimate of drug-likeness (QED) is 0.601. The van der Waals surface area contributed by atoms with Gasteiger partial charge in [-0.1, -0.05) is 55.5 Å². The van der Waals surface area contributed by atoms with Crippen LogP contribution in [0.25, 0.3) is 6.08 Å². The summed E-state index contributed by atoms with van der Waals surface area (Å²) in [5.41, 5.74) is 1.48. The molecule has 0 saturated carbocycles. The van der Waals surface area contributed by atoms with Crippen LogP contribution in [0, 0.1) is 0 Å². The first-order valence-electron chi connectivity index (χ1n) is 4.89. The molecule has 15 heavy (non-hydrogen) atoms. The van der Waals surface area contributed by atoms with Gasteiger partial charge in [0.25, 0.3) is 0 Å². The maximum Gasteiger partial charge on any atom is 0.331 e. The van der Waals surface area contributed by atoms with Crippen molar-refractivity contribution in [1.29, 1.82) is 0 Å². The lowest BCUT2D eigenvalue weighted by Gasteiger charge is -1.94. The third-order valence-corrected chi connectivity index (χ3v) is 2.04. The van der Waals surface area contributed by atoms with Crippen LogP contribution in [0.4, 0.5) is 0 Å². The fourth-order valence-corrected chi connectivity index (χ4v) is 1.18. The number of carbonyl (C=O) groups is 1. The van der Waals surface area contributed by atoms with Crippen LogP contribution >= 0.6 is 0 Å². The number of hydrogen-bond acceptors (Lipinski definition) is 1. The minimum Gasteiger partial charge on any atom is -0.478 e. The van der Waals surface area contributed by atoms with Gasteiger partial charge in [-0.2, -0.15) is 0 Å². The Bertz CT molecular complexity index is 375. The summed E-state index contributed by atoms with van der Waals surface area (Å²) >= 11 is 0. The maximum absolute atomic E-state index is 10.7. The van der Waals surface area contributed by atoms with Gasteiger partial charge in [0.2, 0.25) is 0 Å². The van der Waals surface area contributed by atoms with Crippen LogP contribution in [0.15, 0.2) is 48.1 Å². The SMILES string of the molecule is CC/C(=C\C=C\c1ccccc1)C(=O)O. The highest BCUT2D eigenvalue weighted by atomic mass is 16.4. The van der Waals surface area contributed by atoms with E-state index in [-0.39, 0.29) is 0 Å². The molecule has 1 aromatic carbocycles. The first kappa shape index (κ1) is 11.2. The Hall–Kier alpha value is -1.83. The largest absolute Gasteiger partial charge is 0.478 e. The van der Waals surface area contributed by atoms with E-state index in [1.54, 1.807) is 12.2 Å². The summed E-state index contributed by atoms with van der Waals surface area (Å²) in [5.74, 6) is -0.852. The van der Waals surface area contributed by atoms with E-state index < -0.39 is 5.97 Å². The number of allylic oxidation sites excluding steroid dienone is 2. The van der Waals surface area contributed by atoms with Gasteiger partial charge in [0, 0.05) is 5.57 Å². The Balaban J connectivity index is 2.70. The van der Waals surface area contributed by atoms with Gasteiger partial charge in [-0.15, -0.1) is 0 Å². The molecule has 0 spiro atoms. The molecule has 0 unspecified atom stereocenters. The lowest BCUT2D eigenvalue weighted by molar-refractivity contribution is -0.132. The molecular weight excluding hydrogens is 188 g/mol. The van der Waals surface area contributed by atoms with E-state index in [1.165, 1.54) is 0 Å². The van der Waals surface area contributed by atoms with Crippen molar-refractivity contribution in [2.75, 3.05) is 0 Å². The van der Waals surface area contributed by atoms with Crippen molar-refractivity contribution in [1.82, 2.24) is 0 Å². The normalized spacial score (nSPS) is 11.9. The number of rotatable bonds is 4. The first-order chi connectivity index (χ1) is 7.24. The smallest absolute Gasteiger partial charge is 0.331 e. The zero-order chi connectivity index (χ0) is 11.1. The molecule has 0 atom stereocenters. The van der Waals surface area contributed by atoms with Crippen LogP contribution in [0.5, 0.6) is 0 Å². The number of carboxylic acids is 1. The van der Waals surface area contributed by atoms with Crippen molar-refractivity contribution < 1.29 is 9.90 Å². The number of aliphatic carboxylic acids is 1. The van der Waals surface area contributed by atoms with Gasteiger partial charge in [-0.3, -0.25) is 0 Å². The third-order valence-electron chi connectivity index (χ3n) is 2.04. The second-order valence-electron chi connectivity index (χ2n) is 3.12. The van der Waals surface area contributed by atoms with Crippen molar-refractivity contribution in [3.05, 3.63) is 53.6 Å².